The summed E-state index contributed by atoms with van der Waals surface area (Å²) in [5.41, 5.74) is 14.0. The van der Waals surface area contributed by atoms with Crippen molar-refractivity contribution in [1.82, 2.24) is 31.6 Å². The summed E-state index contributed by atoms with van der Waals surface area (Å²) in [6.07, 6.45) is 1.88. The van der Waals surface area contributed by atoms with Crippen molar-refractivity contribution in [3.8, 4) is 0 Å². The highest BCUT2D eigenvalue weighted by molar-refractivity contribution is 5.96. The van der Waals surface area contributed by atoms with Gasteiger partial charge in [0.25, 0.3) is 0 Å². The van der Waals surface area contributed by atoms with Gasteiger partial charge in [-0.05, 0) is 29.2 Å². The van der Waals surface area contributed by atoms with E-state index in [4.69, 9.17) is 11.5 Å². The minimum atomic E-state index is -1.34. The standard InChI is InChI=1S/C36H41N9O5/c37-36(38)41-21-32(47)44-30-18-31(46)43-29(17-24-19-39-27-14-8-7-13-26(24)27)35(50)45-28(16-23-11-5-2-6-12-23)34(49)42-25(20-40-33(30)48)15-22-9-3-1-4-10-22/h1-14,19,25,28-30,39H,15-18,20-21H2,(H,40,48)(H,42,49)(H,43,46)(H,44,47)(H,45,50)(H4,37,38,41)/t25-,28+,29+,30+/m1/s1. The molecule has 0 spiro atoms. The molecule has 1 saturated heterocycles. The third kappa shape index (κ3) is 9.92. The topological polar surface area (TPSA) is 226 Å². The van der Waals surface area contributed by atoms with Crippen molar-refractivity contribution in [2.24, 2.45) is 16.5 Å². The van der Waals surface area contributed by atoms with Crippen LogP contribution < -0.4 is 38.1 Å². The van der Waals surface area contributed by atoms with Gasteiger partial charge >= 0.3 is 0 Å². The SMILES string of the molecule is NC(N)=NCC(=O)N[C@H]1CC(=O)N[C@@H](Cc2c[nH]c3ccccc23)C(=O)N[C@@H](Cc2ccccc2)C(=O)N[C@H](Cc2ccccc2)CNC1=O. The molecule has 1 aliphatic rings. The highest BCUT2D eigenvalue weighted by atomic mass is 16.2. The molecule has 2 heterocycles. The van der Waals surface area contributed by atoms with E-state index in [2.05, 4.69) is 36.6 Å². The van der Waals surface area contributed by atoms with Crippen LogP contribution in [0.25, 0.3) is 10.9 Å². The Balaban J connectivity index is 1.48. The Morgan fingerprint density at radius 2 is 1.36 bits per heavy atom. The second-order valence-corrected chi connectivity index (χ2v) is 12.1. The van der Waals surface area contributed by atoms with Crippen LogP contribution in [0.15, 0.2) is 96.1 Å². The lowest BCUT2D eigenvalue weighted by Crippen LogP contribution is -2.59. The van der Waals surface area contributed by atoms with Crippen LogP contribution in [0.4, 0.5) is 0 Å². The molecule has 0 saturated carbocycles. The van der Waals surface area contributed by atoms with Crippen molar-refractivity contribution in [3.05, 3.63) is 108 Å². The molecule has 260 valence electrons. The van der Waals surface area contributed by atoms with Crippen molar-refractivity contribution in [2.75, 3.05) is 13.1 Å². The first-order chi connectivity index (χ1) is 24.1. The molecule has 0 radical (unpaired) electrons. The number of amides is 5. The molecule has 0 unspecified atom stereocenters. The van der Waals surface area contributed by atoms with Crippen LogP contribution >= 0.6 is 0 Å². The van der Waals surface area contributed by atoms with E-state index < -0.39 is 66.7 Å². The van der Waals surface area contributed by atoms with Gasteiger partial charge in [0.2, 0.25) is 29.5 Å². The lowest BCUT2D eigenvalue weighted by molar-refractivity contribution is -0.134. The van der Waals surface area contributed by atoms with Crippen molar-refractivity contribution >= 4 is 46.4 Å². The van der Waals surface area contributed by atoms with Crippen molar-refractivity contribution in [1.29, 1.82) is 0 Å². The first kappa shape index (κ1) is 35.1. The fourth-order valence-corrected chi connectivity index (χ4v) is 5.83. The van der Waals surface area contributed by atoms with Gasteiger partial charge in [-0.25, -0.2) is 4.99 Å². The second kappa shape index (κ2) is 16.8. The summed E-state index contributed by atoms with van der Waals surface area (Å²) in [6.45, 7) is -0.495. The Hall–Kier alpha value is -6.18. The molecule has 0 aliphatic carbocycles. The van der Waals surface area contributed by atoms with Crippen molar-refractivity contribution in [2.45, 2.75) is 49.9 Å². The monoisotopic (exact) mass is 679 g/mol. The molecule has 0 bridgehead atoms. The maximum atomic E-state index is 14.1. The number of H-pyrrole nitrogens is 1. The lowest BCUT2D eigenvalue weighted by Gasteiger charge is -2.28. The maximum absolute atomic E-state index is 14.1. The number of aromatic amines is 1. The molecule has 14 nitrogen and oxygen atoms in total. The number of hydrogen-bond acceptors (Lipinski definition) is 6. The zero-order valence-corrected chi connectivity index (χ0v) is 27.4. The average molecular weight is 680 g/mol. The summed E-state index contributed by atoms with van der Waals surface area (Å²) >= 11 is 0. The molecule has 50 heavy (non-hydrogen) atoms. The predicted octanol–water partition coefficient (Wildman–Crippen LogP) is -0.0717. The highest BCUT2D eigenvalue weighted by Gasteiger charge is 2.32. The summed E-state index contributed by atoms with van der Waals surface area (Å²) in [4.78, 5) is 74.7. The number of fused-ring (bicyclic) bond motifs is 1. The molecule has 1 aliphatic heterocycles. The molecular weight excluding hydrogens is 638 g/mol. The summed E-state index contributed by atoms with van der Waals surface area (Å²) in [5.74, 6) is -3.40. The molecule has 4 aromatic rings. The molecule has 10 N–H and O–H groups in total. The van der Waals surface area contributed by atoms with Gasteiger partial charge < -0.3 is 43.0 Å². The number of aliphatic imine (C=N–C) groups is 1. The number of nitrogens with two attached hydrogens (primary N) is 2. The number of para-hydroxylation sites is 1. The van der Waals surface area contributed by atoms with Gasteiger partial charge in [0.15, 0.2) is 5.96 Å². The van der Waals surface area contributed by atoms with E-state index >= 15 is 0 Å². The Labute approximate surface area is 288 Å². The first-order valence-electron chi connectivity index (χ1n) is 16.3. The summed E-state index contributed by atoms with van der Waals surface area (Å²) in [7, 11) is 0. The third-order valence-corrected chi connectivity index (χ3v) is 8.31. The Bertz CT molecular complexity index is 1840. The third-order valence-electron chi connectivity index (χ3n) is 8.31. The van der Waals surface area contributed by atoms with Crippen LogP contribution in [0.1, 0.15) is 23.1 Å². The van der Waals surface area contributed by atoms with Crippen LogP contribution in [-0.2, 0) is 43.2 Å². The quantitative estimate of drug-likeness (QED) is 0.0887. The molecule has 1 fully saturated rings. The van der Waals surface area contributed by atoms with Crippen LogP contribution in [0.3, 0.4) is 0 Å². The number of carbonyl (C=O) groups is 5. The van der Waals surface area contributed by atoms with E-state index in [9.17, 15) is 24.0 Å². The first-order valence-corrected chi connectivity index (χ1v) is 16.3. The molecule has 1 aromatic heterocycles. The number of nitrogens with one attached hydrogen (secondary N) is 6. The number of nitrogens with zero attached hydrogens (tertiary/aromatic N) is 1. The lowest BCUT2D eigenvalue weighted by atomic mass is 10.0. The van der Waals surface area contributed by atoms with E-state index in [-0.39, 0.29) is 25.3 Å². The van der Waals surface area contributed by atoms with Crippen molar-refractivity contribution < 1.29 is 24.0 Å². The number of rotatable bonds is 9. The highest BCUT2D eigenvalue weighted by Crippen LogP contribution is 2.19. The van der Waals surface area contributed by atoms with E-state index in [1.165, 1.54) is 0 Å². The Morgan fingerprint density at radius 1 is 0.740 bits per heavy atom. The Morgan fingerprint density at radius 3 is 2.06 bits per heavy atom. The fraction of sp³-hybridized carbons (Fsp3) is 0.278. The van der Waals surface area contributed by atoms with Crippen molar-refractivity contribution in [3.63, 3.8) is 0 Å². The van der Waals surface area contributed by atoms with Gasteiger partial charge in [0.1, 0.15) is 24.7 Å². The number of aromatic nitrogens is 1. The maximum Gasteiger partial charge on any atom is 0.243 e. The van der Waals surface area contributed by atoms with Gasteiger partial charge in [-0.2, -0.15) is 0 Å². The zero-order valence-electron chi connectivity index (χ0n) is 27.4. The normalized spacial score (nSPS) is 20.4. The van der Waals surface area contributed by atoms with Gasteiger partial charge in [-0.1, -0.05) is 78.9 Å². The molecule has 5 rings (SSSR count). The van der Waals surface area contributed by atoms with E-state index in [0.717, 1.165) is 27.6 Å². The fourth-order valence-electron chi connectivity index (χ4n) is 5.83. The minimum absolute atomic E-state index is 0.0312. The van der Waals surface area contributed by atoms with E-state index in [1.54, 1.807) is 6.20 Å². The number of guanidine groups is 1. The summed E-state index contributed by atoms with van der Waals surface area (Å²) < 4.78 is 0. The number of benzene rings is 3. The largest absolute Gasteiger partial charge is 0.370 e. The molecule has 3 aromatic carbocycles. The van der Waals surface area contributed by atoms with Crippen LogP contribution in [-0.4, -0.2) is 77.7 Å². The van der Waals surface area contributed by atoms with Gasteiger partial charge in [-0.3, -0.25) is 24.0 Å². The summed E-state index contributed by atoms with van der Waals surface area (Å²) in [5, 5.41) is 14.8. The van der Waals surface area contributed by atoms with Crippen LogP contribution in [0.2, 0.25) is 0 Å². The molecule has 4 atom stereocenters. The smallest absolute Gasteiger partial charge is 0.243 e. The number of carbonyl (C=O) groups excluding carboxylic acids is 5. The average Bonchev–Trinajstić information content (AvgIpc) is 3.51. The number of hydrogen-bond donors (Lipinski definition) is 8. The zero-order chi connectivity index (χ0) is 35.5. The molecule has 14 heteroatoms. The van der Waals surface area contributed by atoms with E-state index in [0.29, 0.717) is 6.42 Å². The summed E-state index contributed by atoms with van der Waals surface area (Å²) in [6, 6.07) is 22.1. The van der Waals surface area contributed by atoms with Crippen LogP contribution in [0.5, 0.6) is 0 Å². The van der Waals surface area contributed by atoms with Gasteiger partial charge in [0.05, 0.1) is 12.5 Å². The van der Waals surface area contributed by atoms with Crippen LogP contribution in [0, 0.1) is 0 Å². The van der Waals surface area contributed by atoms with Gasteiger partial charge in [0, 0.05) is 36.5 Å². The predicted molar refractivity (Wildman–Crippen MR) is 188 cm³/mol. The molecular formula is C36H41N9O5. The Kier molecular flexibility index (Phi) is 11.8. The molecule has 5 amide bonds. The van der Waals surface area contributed by atoms with E-state index in [1.807, 2.05) is 84.9 Å². The minimum Gasteiger partial charge on any atom is -0.370 e. The second-order valence-electron chi connectivity index (χ2n) is 12.1. The van der Waals surface area contributed by atoms with Gasteiger partial charge in [-0.15, -0.1) is 0 Å².